The van der Waals surface area contributed by atoms with Gasteiger partial charge in [-0.15, -0.1) is 0 Å². The zero-order chi connectivity index (χ0) is 11.0. The standard InChI is InChI=1S/C10H20N2O2/c1-9(2)5-8(11-7-13)6-10(3,4)12(9)14/h7-8,14H,5-6H2,1-4H3,(H,11,13). The van der Waals surface area contributed by atoms with Gasteiger partial charge in [0.2, 0.25) is 6.41 Å². The summed E-state index contributed by atoms with van der Waals surface area (Å²) in [4.78, 5) is 10.4. The Kier molecular flexibility index (Phi) is 2.88. The Morgan fingerprint density at radius 1 is 1.29 bits per heavy atom. The average Bonchev–Trinajstić information content (AvgIpc) is 1.99. The van der Waals surface area contributed by atoms with Crippen molar-refractivity contribution in [3.8, 4) is 0 Å². The van der Waals surface area contributed by atoms with Crippen LogP contribution in [0, 0.1) is 0 Å². The molecule has 1 rings (SSSR count). The molecule has 0 spiro atoms. The van der Waals surface area contributed by atoms with E-state index in [0.717, 1.165) is 19.3 Å². The Labute approximate surface area is 85.2 Å². The van der Waals surface area contributed by atoms with Crippen LogP contribution in [0.25, 0.3) is 0 Å². The van der Waals surface area contributed by atoms with Crippen molar-refractivity contribution in [2.75, 3.05) is 0 Å². The fourth-order valence-corrected chi connectivity index (χ4v) is 2.48. The Morgan fingerprint density at radius 2 is 1.71 bits per heavy atom. The van der Waals surface area contributed by atoms with Crippen molar-refractivity contribution < 1.29 is 10.0 Å². The predicted octanol–water partition coefficient (Wildman–Crippen LogP) is 1.14. The van der Waals surface area contributed by atoms with Crippen LogP contribution in [0.4, 0.5) is 0 Å². The zero-order valence-corrected chi connectivity index (χ0v) is 9.37. The molecule has 1 aliphatic rings. The van der Waals surface area contributed by atoms with Crippen molar-refractivity contribution in [3.63, 3.8) is 0 Å². The van der Waals surface area contributed by atoms with Gasteiger partial charge in [-0.2, -0.15) is 5.06 Å². The highest BCUT2D eigenvalue weighted by Crippen LogP contribution is 2.36. The van der Waals surface area contributed by atoms with Crippen LogP contribution in [0.1, 0.15) is 40.5 Å². The quantitative estimate of drug-likeness (QED) is 0.657. The number of hydroxylamine groups is 2. The van der Waals surface area contributed by atoms with Gasteiger partial charge >= 0.3 is 0 Å². The van der Waals surface area contributed by atoms with Crippen LogP contribution >= 0.6 is 0 Å². The summed E-state index contributed by atoms with van der Waals surface area (Å²) in [7, 11) is 0. The molecule has 0 radical (unpaired) electrons. The molecule has 0 atom stereocenters. The summed E-state index contributed by atoms with van der Waals surface area (Å²) in [6.45, 7) is 7.92. The highest BCUT2D eigenvalue weighted by Gasteiger charge is 2.44. The van der Waals surface area contributed by atoms with Crippen molar-refractivity contribution in [1.29, 1.82) is 0 Å². The third-order valence-corrected chi connectivity index (χ3v) is 2.94. The smallest absolute Gasteiger partial charge is 0.207 e. The number of hydrogen-bond donors (Lipinski definition) is 2. The van der Waals surface area contributed by atoms with E-state index in [0.29, 0.717) is 0 Å². The van der Waals surface area contributed by atoms with Crippen LogP contribution in [0.5, 0.6) is 0 Å². The summed E-state index contributed by atoms with van der Waals surface area (Å²) in [5, 5.41) is 14.2. The van der Waals surface area contributed by atoms with Gasteiger partial charge in [-0.1, -0.05) is 0 Å². The van der Waals surface area contributed by atoms with Crippen LogP contribution in [0.2, 0.25) is 0 Å². The van der Waals surface area contributed by atoms with Crippen molar-refractivity contribution in [2.45, 2.75) is 57.7 Å². The minimum absolute atomic E-state index is 0.154. The first kappa shape index (κ1) is 11.5. The van der Waals surface area contributed by atoms with Crippen molar-refractivity contribution in [2.24, 2.45) is 0 Å². The van der Waals surface area contributed by atoms with Gasteiger partial charge in [0.1, 0.15) is 0 Å². The van der Waals surface area contributed by atoms with Gasteiger partial charge in [0.15, 0.2) is 0 Å². The van der Waals surface area contributed by atoms with Crippen LogP contribution in [0.15, 0.2) is 0 Å². The molecule has 14 heavy (non-hydrogen) atoms. The third-order valence-electron chi connectivity index (χ3n) is 2.94. The summed E-state index contributed by atoms with van der Waals surface area (Å²) >= 11 is 0. The molecule has 2 N–H and O–H groups in total. The Morgan fingerprint density at radius 3 is 2.07 bits per heavy atom. The number of nitrogens with one attached hydrogen (secondary N) is 1. The molecule has 4 nitrogen and oxygen atoms in total. The molecular weight excluding hydrogens is 180 g/mol. The van der Waals surface area contributed by atoms with E-state index in [1.54, 1.807) is 0 Å². The van der Waals surface area contributed by atoms with Crippen molar-refractivity contribution in [1.82, 2.24) is 10.4 Å². The monoisotopic (exact) mass is 200 g/mol. The third kappa shape index (κ3) is 2.07. The van der Waals surface area contributed by atoms with Crippen LogP contribution in [-0.2, 0) is 4.79 Å². The molecule has 4 heteroatoms. The lowest BCUT2D eigenvalue weighted by Gasteiger charge is -2.51. The molecule has 1 aliphatic heterocycles. The first-order valence-corrected chi connectivity index (χ1v) is 4.98. The van der Waals surface area contributed by atoms with E-state index >= 15 is 0 Å². The number of nitrogens with zero attached hydrogens (tertiary/aromatic N) is 1. The summed E-state index contributed by atoms with van der Waals surface area (Å²) in [6, 6.07) is 0.154. The van der Waals surface area contributed by atoms with Gasteiger partial charge < -0.3 is 10.5 Å². The molecule has 82 valence electrons. The molecular formula is C10H20N2O2. The van der Waals surface area contributed by atoms with E-state index in [4.69, 9.17) is 0 Å². The van der Waals surface area contributed by atoms with E-state index in [-0.39, 0.29) is 17.1 Å². The number of piperidine rings is 1. The first-order chi connectivity index (χ1) is 6.29. The largest absolute Gasteiger partial charge is 0.356 e. The van der Waals surface area contributed by atoms with Gasteiger partial charge in [0.25, 0.3) is 0 Å². The van der Waals surface area contributed by atoms with E-state index in [2.05, 4.69) is 5.32 Å². The Balaban J connectivity index is 2.80. The molecule has 1 amide bonds. The van der Waals surface area contributed by atoms with E-state index in [1.807, 2.05) is 27.7 Å². The fourth-order valence-electron chi connectivity index (χ4n) is 2.48. The SMILES string of the molecule is CC1(C)CC(NC=O)CC(C)(C)N1O. The number of amides is 1. The molecule has 0 saturated carbocycles. The van der Waals surface area contributed by atoms with Crippen LogP contribution in [-0.4, -0.2) is 33.8 Å². The molecule has 0 unspecified atom stereocenters. The minimum Gasteiger partial charge on any atom is -0.356 e. The molecule has 0 aromatic heterocycles. The summed E-state index contributed by atoms with van der Waals surface area (Å²) in [5.74, 6) is 0. The normalized spacial score (nSPS) is 27.2. The lowest BCUT2D eigenvalue weighted by atomic mass is 9.79. The topological polar surface area (TPSA) is 52.6 Å². The summed E-state index contributed by atoms with van der Waals surface area (Å²) < 4.78 is 0. The number of carbonyl (C=O) groups is 1. The van der Waals surface area contributed by atoms with E-state index in [1.165, 1.54) is 5.06 Å². The summed E-state index contributed by atoms with van der Waals surface area (Å²) in [6.07, 6.45) is 2.28. The Hall–Kier alpha value is -0.610. The highest BCUT2D eigenvalue weighted by atomic mass is 16.5. The average molecular weight is 200 g/mol. The highest BCUT2D eigenvalue weighted by molar-refractivity contribution is 5.46. The van der Waals surface area contributed by atoms with Gasteiger partial charge in [-0.25, -0.2) is 0 Å². The second-order valence-electron chi connectivity index (χ2n) is 5.33. The molecule has 0 aromatic carbocycles. The van der Waals surface area contributed by atoms with Gasteiger partial charge in [0, 0.05) is 17.1 Å². The van der Waals surface area contributed by atoms with Crippen molar-refractivity contribution in [3.05, 3.63) is 0 Å². The molecule has 0 bridgehead atoms. The maximum atomic E-state index is 10.4. The van der Waals surface area contributed by atoms with Crippen molar-refractivity contribution >= 4 is 6.41 Å². The maximum absolute atomic E-state index is 10.4. The molecule has 0 aromatic rings. The number of hydrogen-bond acceptors (Lipinski definition) is 3. The lowest BCUT2D eigenvalue weighted by molar-refractivity contribution is -0.245. The van der Waals surface area contributed by atoms with Crippen LogP contribution in [0.3, 0.4) is 0 Å². The minimum atomic E-state index is -0.289. The zero-order valence-electron chi connectivity index (χ0n) is 9.37. The molecule has 0 aliphatic carbocycles. The fraction of sp³-hybridized carbons (Fsp3) is 0.900. The second kappa shape index (κ2) is 3.51. The van der Waals surface area contributed by atoms with E-state index in [9.17, 15) is 10.0 Å². The molecule has 1 heterocycles. The van der Waals surface area contributed by atoms with Gasteiger partial charge in [0.05, 0.1) is 0 Å². The number of rotatable bonds is 2. The lowest BCUT2D eigenvalue weighted by Crippen LogP contribution is -2.62. The maximum Gasteiger partial charge on any atom is 0.207 e. The van der Waals surface area contributed by atoms with E-state index < -0.39 is 0 Å². The van der Waals surface area contributed by atoms with Gasteiger partial charge in [-0.3, -0.25) is 4.79 Å². The molecule has 1 fully saturated rings. The number of carbonyl (C=O) groups excluding carboxylic acids is 1. The molecule has 1 saturated heterocycles. The predicted molar refractivity (Wildman–Crippen MR) is 54.0 cm³/mol. The summed E-state index contributed by atoms with van der Waals surface area (Å²) in [5.41, 5.74) is -0.579. The Bertz CT molecular complexity index is 208. The van der Waals surface area contributed by atoms with Crippen LogP contribution < -0.4 is 5.32 Å². The first-order valence-electron chi connectivity index (χ1n) is 4.98. The van der Waals surface area contributed by atoms with Gasteiger partial charge in [-0.05, 0) is 40.5 Å². The second-order valence-corrected chi connectivity index (χ2v) is 5.33.